The first-order chi connectivity index (χ1) is 12.0. The van der Waals surface area contributed by atoms with E-state index in [4.69, 9.17) is 14.2 Å². The van der Waals surface area contributed by atoms with Crippen molar-refractivity contribution in [3.05, 3.63) is 52.0 Å². The quantitative estimate of drug-likeness (QED) is 0.721. The second-order valence-electron chi connectivity index (χ2n) is 5.25. The first-order valence-corrected chi connectivity index (χ1v) is 8.33. The summed E-state index contributed by atoms with van der Waals surface area (Å²) in [6.07, 6.45) is 3.14. The highest BCUT2D eigenvalue weighted by molar-refractivity contribution is 9.10. The van der Waals surface area contributed by atoms with E-state index >= 15 is 0 Å². The van der Waals surface area contributed by atoms with Gasteiger partial charge in [-0.15, -0.1) is 0 Å². The number of benzene rings is 2. The molecule has 2 aromatic rings. The Kier molecular flexibility index (Phi) is 6.47. The maximum absolute atomic E-state index is 12.1. The minimum atomic E-state index is -0.226. The van der Waals surface area contributed by atoms with Crippen LogP contribution in [0.1, 0.15) is 11.1 Å². The number of nitrogens with one attached hydrogen (secondary N) is 1. The highest BCUT2D eigenvalue weighted by Crippen LogP contribution is 2.38. The van der Waals surface area contributed by atoms with Gasteiger partial charge in [0.25, 0.3) is 0 Å². The molecule has 1 N–H and O–H groups in total. The van der Waals surface area contributed by atoms with Gasteiger partial charge in [-0.3, -0.25) is 4.79 Å². The van der Waals surface area contributed by atoms with Crippen LogP contribution in [0, 0.1) is 6.92 Å². The van der Waals surface area contributed by atoms with E-state index in [0.29, 0.717) is 17.2 Å². The number of hydrogen-bond donors (Lipinski definition) is 1. The molecule has 0 aliphatic carbocycles. The topological polar surface area (TPSA) is 56.8 Å². The smallest absolute Gasteiger partial charge is 0.248 e. The predicted octanol–water partition coefficient (Wildman–Crippen LogP) is 4.44. The molecule has 0 spiro atoms. The summed E-state index contributed by atoms with van der Waals surface area (Å²) in [6, 6.07) is 9.18. The van der Waals surface area contributed by atoms with Crippen molar-refractivity contribution in [1.29, 1.82) is 0 Å². The Morgan fingerprint density at radius 3 is 2.20 bits per heavy atom. The van der Waals surface area contributed by atoms with Crippen molar-refractivity contribution in [2.45, 2.75) is 6.92 Å². The highest BCUT2D eigenvalue weighted by atomic mass is 79.9. The van der Waals surface area contributed by atoms with Crippen LogP contribution < -0.4 is 19.5 Å². The minimum absolute atomic E-state index is 0.226. The van der Waals surface area contributed by atoms with Crippen LogP contribution in [0.3, 0.4) is 0 Å². The second-order valence-corrected chi connectivity index (χ2v) is 6.10. The SMILES string of the molecule is COc1cc(C=CC(=O)Nc2ccc(Br)c(C)c2)cc(OC)c1OC. The van der Waals surface area contributed by atoms with E-state index in [1.165, 1.54) is 6.08 Å². The molecular formula is C19H20BrNO4. The van der Waals surface area contributed by atoms with Gasteiger partial charge in [0.1, 0.15) is 0 Å². The second kappa shape index (κ2) is 8.58. The number of methoxy groups -OCH3 is 3. The van der Waals surface area contributed by atoms with Gasteiger partial charge in [0, 0.05) is 16.2 Å². The van der Waals surface area contributed by atoms with Gasteiger partial charge >= 0.3 is 0 Å². The van der Waals surface area contributed by atoms with Crippen molar-refractivity contribution in [3.8, 4) is 17.2 Å². The monoisotopic (exact) mass is 405 g/mol. The molecule has 0 saturated heterocycles. The fourth-order valence-electron chi connectivity index (χ4n) is 2.28. The van der Waals surface area contributed by atoms with Crippen LogP contribution in [0.5, 0.6) is 17.2 Å². The fourth-order valence-corrected chi connectivity index (χ4v) is 2.52. The van der Waals surface area contributed by atoms with Gasteiger partial charge in [0.2, 0.25) is 11.7 Å². The molecule has 6 heteroatoms. The molecule has 0 aromatic heterocycles. The Morgan fingerprint density at radius 2 is 1.68 bits per heavy atom. The third-order valence-corrected chi connectivity index (χ3v) is 4.43. The van der Waals surface area contributed by atoms with E-state index in [0.717, 1.165) is 21.3 Å². The molecule has 0 aliphatic heterocycles. The largest absolute Gasteiger partial charge is 0.493 e. The lowest BCUT2D eigenvalue weighted by molar-refractivity contribution is -0.111. The third-order valence-electron chi connectivity index (χ3n) is 3.54. The lowest BCUT2D eigenvalue weighted by Gasteiger charge is -2.12. The predicted molar refractivity (Wildman–Crippen MR) is 103 cm³/mol. The molecule has 0 bridgehead atoms. The minimum Gasteiger partial charge on any atom is -0.493 e. The van der Waals surface area contributed by atoms with Crippen LogP contribution in [0.2, 0.25) is 0 Å². The molecule has 0 aliphatic rings. The zero-order valence-corrected chi connectivity index (χ0v) is 16.1. The number of hydrogen-bond acceptors (Lipinski definition) is 4. The number of rotatable bonds is 6. The van der Waals surface area contributed by atoms with Crippen LogP contribution >= 0.6 is 15.9 Å². The maximum atomic E-state index is 12.1. The van der Waals surface area contributed by atoms with Crippen LogP contribution in [0.4, 0.5) is 5.69 Å². The van der Waals surface area contributed by atoms with Crippen molar-refractivity contribution >= 4 is 33.6 Å². The summed E-state index contributed by atoms with van der Waals surface area (Å²) in [6.45, 7) is 1.96. The number of carbonyl (C=O) groups excluding carboxylic acids is 1. The van der Waals surface area contributed by atoms with E-state index < -0.39 is 0 Å². The number of halogens is 1. The van der Waals surface area contributed by atoms with Crippen molar-refractivity contribution < 1.29 is 19.0 Å². The van der Waals surface area contributed by atoms with Gasteiger partial charge in [-0.05, 0) is 54.5 Å². The first kappa shape index (κ1) is 18.9. The van der Waals surface area contributed by atoms with Crippen molar-refractivity contribution in [2.75, 3.05) is 26.6 Å². The van der Waals surface area contributed by atoms with Crippen molar-refractivity contribution in [2.24, 2.45) is 0 Å². The molecule has 0 fully saturated rings. The van der Waals surface area contributed by atoms with Gasteiger partial charge in [0.05, 0.1) is 21.3 Å². The van der Waals surface area contributed by atoms with Gasteiger partial charge < -0.3 is 19.5 Å². The molecular weight excluding hydrogens is 386 g/mol. The summed E-state index contributed by atoms with van der Waals surface area (Å²) in [7, 11) is 4.64. The lowest BCUT2D eigenvalue weighted by Crippen LogP contribution is -2.07. The first-order valence-electron chi connectivity index (χ1n) is 7.53. The average molecular weight is 406 g/mol. The molecule has 25 heavy (non-hydrogen) atoms. The van der Waals surface area contributed by atoms with Gasteiger partial charge in [-0.25, -0.2) is 0 Å². The summed E-state index contributed by atoms with van der Waals surface area (Å²) in [5, 5.41) is 2.83. The molecule has 2 aromatic carbocycles. The maximum Gasteiger partial charge on any atom is 0.248 e. The zero-order chi connectivity index (χ0) is 18.4. The van der Waals surface area contributed by atoms with Crippen LogP contribution in [-0.4, -0.2) is 27.2 Å². The van der Waals surface area contributed by atoms with Crippen LogP contribution in [0.25, 0.3) is 6.08 Å². The third kappa shape index (κ3) is 4.76. The number of carbonyl (C=O) groups is 1. The molecule has 5 nitrogen and oxygen atoms in total. The Morgan fingerprint density at radius 1 is 1.04 bits per heavy atom. The van der Waals surface area contributed by atoms with Gasteiger partial charge in [0.15, 0.2) is 11.5 Å². The molecule has 0 saturated carbocycles. The highest BCUT2D eigenvalue weighted by Gasteiger charge is 2.12. The summed E-state index contributed by atoms with van der Waals surface area (Å²) < 4.78 is 16.9. The summed E-state index contributed by atoms with van der Waals surface area (Å²) in [5.41, 5.74) is 2.54. The molecule has 0 heterocycles. The number of amides is 1. The number of ether oxygens (including phenoxy) is 3. The van der Waals surface area contributed by atoms with Crippen molar-refractivity contribution in [3.63, 3.8) is 0 Å². The summed E-state index contributed by atoms with van der Waals surface area (Å²) in [4.78, 5) is 12.1. The lowest BCUT2D eigenvalue weighted by atomic mass is 10.1. The normalized spacial score (nSPS) is 10.6. The average Bonchev–Trinajstić information content (AvgIpc) is 2.62. The molecule has 1 amide bonds. The Labute approximate surface area is 155 Å². The van der Waals surface area contributed by atoms with Gasteiger partial charge in [-0.2, -0.15) is 0 Å². The zero-order valence-electron chi connectivity index (χ0n) is 14.6. The standard InChI is InChI=1S/C19H20BrNO4/c1-12-9-14(6-7-15(12)20)21-18(22)8-5-13-10-16(23-2)19(25-4)17(11-13)24-3/h5-11H,1-4H3,(H,21,22). The van der Waals surface area contributed by atoms with E-state index in [1.807, 2.05) is 25.1 Å². The van der Waals surface area contributed by atoms with Crippen LogP contribution in [-0.2, 0) is 4.79 Å². The number of anilines is 1. The Bertz CT molecular complexity index is 777. The molecule has 2 rings (SSSR count). The van der Waals surface area contributed by atoms with Crippen molar-refractivity contribution in [1.82, 2.24) is 0 Å². The van der Waals surface area contributed by atoms with E-state index in [-0.39, 0.29) is 5.91 Å². The molecule has 0 unspecified atom stereocenters. The van der Waals surface area contributed by atoms with E-state index in [9.17, 15) is 4.79 Å². The molecule has 0 atom stereocenters. The summed E-state index contributed by atoms with van der Waals surface area (Å²) in [5.74, 6) is 1.35. The Hall–Kier alpha value is -2.47. The Balaban J connectivity index is 2.17. The van der Waals surface area contributed by atoms with Gasteiger partial charge in [-0.1, -0.05) is 15.9 Å². The fraction of sp³-hybridized carbons (Fsp3) is 0.211. The van der Waals surface area contributed by atoms with E-state index in [2.05, 4.69) is 21.2 Å². The molecule has 0 radical (unpaired) electrons. The number of aryl methyl sites for hydroxylation is 1. The van der Waals surface area contributed by atoms with Crippen LogP contribution in [0.15, 0.2) is 40.9 Å². The van der Waals surface area contributed by atoms with E-state index in [1.54, 1.807) is 39.5 Å². The molecule has 132 valence electrons. The summed E-state index contributed by atoms with van der Waals surface area (Å²) >= 11 is 3.44.